The van der Waals surface area contributed by atoms with Crippen LogP contribution in [0.4, 0.5) is 0 Å². The molecule has 0 radical (unpaired) electrons. The second-order valence-electron chi connectivity index (χ2n) is 3.48. The number of hydrogen-bond donors (Lipinski definition) is 2. The Kier molecular flexibility index (Phi) is 7.99. The summed E-state index contributed by atoms with van der Waals surface area (Å²) < 4.78 is 5.22. The van der Waals surface area contributed by atoms with Crippen LogP contribution in [0.25, 0.3) is 0 Å². The molecule has 0 saturated carbocycles. The molecule has 1 unspecified atom stereocenters. The molecule has 1 aromatic carbocycles. The van der Waals surface area contributed by atoms with Crippen molar-refractivity contribution in [3.05, 3.63) is 29.8 Å². The summed E-state index contributed by atoms with van der Waals surface area (Å²) in [6, 6.07) is 7.78. The lowest BCUT2D eigenvalue weighted by Crippen LogP contribution is -2.28. The van der Waals surface area contributed by atoms with E-state index in [0.717, 1.165) is 17.9 Å². The lowest BCUT2D eigenvalue weighted by Gasteiger charge is -2.13. The van der Waals surface area contributed by atoms with Crippen LogP contribution in [0, 0.1) is 0 Å². The van der Waals surface area contributed by atoms with Gasteiger partial charge in [-0.05, 0) is 18.2 Å². The van der Waals surface area contributed by atoms with Crippen LogP contribution in [0.1, 0.15) is 12.5 Å². The van der Waals surface area contributed by atoms with Gasteiger partial charge in [0.2, 0.25) is 0 Å². The van der Waals surface area contributed by atoms with Gasteiger partial charge in [-0.1, -0.05) is 25.1 Å². The normalized spacial score (nSPS) is 11.7. The van der Waals surface area contributed by atoms with Crippen molar-refractivity contribution in [3.63, 3.8) is 0 Å². The molecule has 3 nitrogen and oxygen atoms in total. The van der Waals surface area contributed by atoms with E-state index >= 15 is 0 Å². The van der Waals surface area contributed by atoms with Crippen molar-refractivity contribution in [1.29, 1.82) is 0 Å². The standard InChI is InChI=1S/C12H19NO2.ClH/c1-3-13-9-11(14)8-10-6-4-5-7-12(10)15-2;/h4-7,11,13-14H,3,8-9H2,1-2H3;1H. The maximum Gasteiger partial charge on any atom is 0.122 e. The maximum atomic E-state index is 9.74. The van der Waals surface area contributed by atoms with Gasteiger partial charge in [0.15, 0.2) is 0 Å². The molecule has 0 aliphatic carbocycles. The van der Waals surface area contributed by atoms with Crippen molar-refractivity contribution in [2.24, 2.45) is 0 Å². The minimum absolute atomic E-state index is 0. The molecule has 1 aromatic rings. The van der Waals surface area contributed by atoms with Crippen LogP contribution in [0.3, 0.4) is 0 Å². The third kappa shape index (κ3) is 4.84. The van der Waals surface area contributed by atoms with Crippen molar-refractivity contribution in [2.75, 3.05) is 20.2 Å². The van der Waals surface area contributed by atoms with E-state index in [1.807, 2.05) is 31.2 Å². The average Bonchev–Trinajstić information content (AvgIpc) is 2.27. The summed E-state index contributed by atoms with van der Waals surface area (Å²) in [6.45, 7) is 3.52. The first-order valence-electron chi connectivity index (χ1n) is 5.28. The number of nitrogens with one attached hydrogen (secondary N) is 1. The highest BCUT2D eigenvalue weighted by Crippen LogP contribution is 2.18. The van der Waals surface area contributed by atoms with Crippen LogP contribution >= 0.6 is 12.4 Å². The van der Waals surface area contributed by atoms with Crippen molar-refractivity contribution < 1.29 is 9.84 Å². The lowest BCUT2D eigenvalue weighted by molar-refractivity contribution is 0.171. The zero-order chi connectivity index (χ0) is 11.1. The summed E-state index contributed by atoms with van der Waals surface area (Å²) in [5.41, 5.74) is 1.05. The molecule has 92 valence electrons. The third-order valence-electron chi connectivity index (χ3n) is 2.28. The van der Waals surface area contributed by atoms with E-state index in [1.54, 1.807) is 7.11 Å². The number of aliphatic hydroxyl groups excluding tert-OH is 1. The summed E-state index contributed by atoms with van der Waals surface area (Å²) >= 11 is 0. The van der Waals surface area contributed by atoms with E-state index in [4.69, 9.17) is 4.74 Å². The predicted octanol–water partition coefficient (Wildman–Crippen LogP) is 1.63. The van der Waals surface area contributed by atoms with E-state index in [9.17, 15) is 5.11 Å². The first-order chi connectivity index (χ1) is 7.27. The first-order valence-corrected chi connectivity index (χ1v) is 5.28. The first kappa shape index (κ1) is 15.2. The molecule has 0 aliphatic rings. The highest BCUT2D eigenvalue weighted by molar-refractivity contribution is 5.85. The number of benzene rings is 1. The Morgan fingerprint density at radius 1 is 1.38 bits per heavy atom. The number of methoxy groups -OCH3 is 1. The summed E-state index contributed by atoms with van der Waals surface area (Å²) in [5.74, 6) is 0.841. The molecular weight excluding hydrogens is 226 g/mol. The Labute approximate surface area is 103 Å². The monoisotopic (exact) mass is 245 g/mol. The van der Waals surface area contributed by atoms with Crippen LogP contribution in [0.5, 0.6) is 5.75 Å². The van der Waals surface area contributed by atoms with Gasteiger partial charge in [-0.2, -0.15) is 0 Å². The molecule has 0 spiro atoms. The second-order valence-corrected chi connectivity index (χ2v) is 3.48. The molecule has 0 fully saturated rings. The molecule has 16 heavy (non-hydrogen) atoms. The van der Waals surface area contributed by atoms with E-state index in [1.165, 1.54) is 0 Å². The third-order valence-corrected chi connectivity index (χ3v) is 2.28. The molecule has 4 heteroatoms. The zero-order valence-corrected chi connectivity index (χ0v) is 10.6. The number of para-hydroxylation sites is 1. The minimum Gasteiger partial charge on any atom is -0.496 e. The van der Waals surface area contributed by atoms with Gasteiger partial charge in [0.05, 0.1) is 13.2 Å². The Morgan fingerprint density at radius 2 is 2.06 bits per heavy atom. The highest BCUT2D eigenvalue weighted by Gasteiger charge is 2.08. The van der Waals surface area contributed by atoms with Crippen molar-refractivity contribution in [2.45, 2.75) is 19.4 Å². The molecule has 0 saturated heterocycles. The quantitative estimate of drug-likeness (QED) is 0.801. The summed E-state index contributed by atoms with van der Waals surface area (Å²) in [5, 5.41) is 12.9. The molecular formula is C12H20ClNO2. The fourth-order valence-corrected chi connectivity index (χ4v) is 1.51. The van der Waals surface area contributed by atoms with Gasteiger partial charge >= 0.3 is 0 Å². The van der Waals surface area contributed by atoms with Gasteiger partial charge in [-0.3, -0.25) is 0 Å². The van der Waals surface area contributed by atoms with Crippen LogP contribution in [0.15, 0.2) is 24.3 Å². The van der Waals surface area contributed by atoms with Crippen LogP contribution < -0.4 is 10.1 Å². The summed E-state index contributed by atoms with van der Waals surface area (Å²) in [4.78, 5) is 0. The molecule has 1 atom stereocenters. The van der Waals surface area contributed by atoms with E-state index in [0.29, 0.717) is 13.0 Å². The van der Waals surface area contributed by atoms with Crippen molar-refractivity contribution in [3.8, 4) is 5.75 Å². The molecule has 0 bridgehead atoms. The summed E-state index contributed by atoms with van der Waals surface area (Å²) in [7, 11) is 1.65. The molecule has 0 aromatic heterocycles. The van der Waals surface area contributed by atoms with Crippen LogP contribution in [0.2, 0.25) is 0 Å². The maximum absolute atomic E-state index is 9.74. The molecule has 1 rings (SSSR count). The largest absolute Gasteiger partial charge is 0.496 e. The number of aliphatic hydroxyl groups is 1. The highest BCUT2D eigenvalue weighted by atomic mass is 35.5. The van der Waals surface area contributed by atoms with Crippen molar-refractivity contribution >= 4 is 12.4 Å². The van der Waals surface area contributed by atoms with E-state index < -0.39 is 0 Å². The predicted molar refractivity (Wildman–Crippen MR) is 68.5 cm³/mol. The zero-order valence-electron chi connectivity index (χ0n) is 9.77. The van der Waals surface area contributed by atoms with Gasteiger partial charge in [0.25, 0.3) is 0 Å². The molecule has 0 heterocycles. The van der Waals surface area contributed by atoms with Gasteiger partial charge < -0.3 is 15.2 Å². The lowest BCUT2D eigenvalue weighted by atomic mass is 10.1. The molecule has 2 N–H and O–H groups in total. The smallest absolute Gasteiger partial charge is 0.122 e. The minimum atomic E-state index is -0.360. The van der Waals surface area contributed by atoms with Crippen LogP contribution in [-0.4, -0.2) is 31.4 Å². The Hall–Kier alpha value is -0.770. The topological polar surface area (TPSA) is 41.5 Å². The number of hydrogen-bond acceptors (Lipinski definition) is 3. The van der Waals surface area contributed by atoms with E-state index in [2.05, 4.69) is 5.32 Å². The second kappa shape index (κ2) is 8.39. The number of rotatable bonds is 6. The number of likely N-dealkylation sites (N-methyl/N-ethyl adjacent to an activating group) is 1. The summed E-state index contributed by atoms with van der Waals surface area (Å²) in [6.07, 6.45) is 0.262. The van der Waals surface area contributed by atoms with Crippen molar-refractivity contribution in [1.82, 2.24) is 5.32 Å². The van der Waals surface area contributed by atoms with Gasteiger partial charge in [-0.25, -0.2) is 0 Å². The Morgan fingerprint density at radius 3 is 2.69 bits per heavy atom. The Bertz CT molecular complexity index is 294. The van der Waals surface area contributed by atoms with Gasteiger partial charge in [0, 0.05) is 13.0 Å². The van der Waals surface area contributed by atoms with Gasteiger partial charge in [-0.15, -0.1) is 12.4 Å². The molecule has 0 amide bonds. The van der Waals surface area contributed by atoms with Crippen LogP contribution in [-0.2, 0) is 6.42 Å². The number of halogens is 1. The van der Waals surface area contributed by atoms with Gasteiger partial charge in [0.1, 0.15) is 5.75 Å². The average molecular weight is 246 g/mol. The fourth-order valence-electron chi connectivity index (χ4n) is 1.51. The Balaban J connectivity index is 0.00000225. The SMILES string of the molecule is CCNCC(O)Cc1ccccc1OC.Cl. The van der Waals surface area contributed by atoms with E-state index in [-0.39, 0.29) is 18.5 Å². The number of ether oxygens (including phenoxy) is 1. The molecule has 0 aliphatic heterocycles. The fraction of sp³-hybridized carbons (Fsp3) is 0.500.